The molecule has 3 atom stereocenters. The second-order valence-electron chi connectivity index (χ2n) is 55.3. The lowest BCUT2D eigenvalue weighted by Gasteiger charge is -2.23. The van der Waals surface area contributed by atoms with Gasteiger partial charge in [0, 0.05) is 64.4 Å². The van der Waals surface area contributed by atoms with Crippen LogP contribution in [0.5, 0.6) is 0 Å². The zero-order valence-electron chi connectivity index (χ0n) is 116. The Morgan fingerprint density at radius 3 is 0.827 bits per heavy atom. The molecule has 6 N–H and O–H groups in total. The molecule has 0 spiro atoms. The number of methoxy groups -OCH3 is 1. The monoisotopic (exact) mass is 2160 g/mol. The molecule has 0 saturated carbocycles. The number of halogens is 3. The quantitative estimate of drug-likeness (QED) is 0.0376. The molecule has 9 nitrogen and oxygen atoms in total. The normalized spacial score (nSPS) is 11.9. The first-order valence-corrected chi connectivity index (χ1v) is 64.5. The van der Waals surface area contributed by atoms with Crippen LogP contribution in [-0.2, 0) is 19.0 Å². The number of Topliss-reactive ketones (excluding diaryl/α,β-unsaturated/α-hetero) is 1. The lowest BCUT2D eigenvalue weighted by Crippen LogP contribution is -2.24. The molecular weight excluding hydrogens is 1850 g/mol. The van der Waals surface area contributed by atoms with Crippen molar-refractivity contribution in [3.63, 3.8) is 0 Å². The van der Waals surface area contributed by atoms with Gasteiger partial charge in [-0.2, -0.15) is 13.2 Å². The number of carbonyl (C=O) groups excluding carboxylic acids is 1. The molecule has 932 valence electrons. The van der Waals surface area contributed by atoms with Crippen molar-refractivity contribution in [2.45, 2.75) is 726 Å². The van der Waals surface area contributed by atoms with E-state index in [0.717, 1.165) is 204 Å². The third-order valence-corrected chi connectivity index (χ3v) is 23.4. The first kappa shape index (κ1) is 187. The Morgan fingerprint density at radius 1 is 0.307 bits per heavy atom. The molecule has 150 heavy (non-hydrogen) atoms. The van der Waals surface area contributed by atoms with Gasteiger partial charge in [0.05, 0.1) is 23.9 Å². The first-order chi connectivity index (χ1) is 68.7. The largest absolute Gasteiger partial charge is 0.396 e. The van der Waals surface area contributed by atoms with E-state index in [1.807, 2.05) is 34.6 Å². The summed E-state index contributed by atoms with van der Waals surface area (Å²) < 4.78 is 50.5. The lowest BCUT2D eigenvalue weighted by molar-refractivity contribution is -0.135. The molecule has 0 amide bonds. The predicted octanol–water partition coefficient (Wildman–Crippen LogP) is 46.9. The molecule has 0 fully saturated rings. The summed E-state index contributed by atoms with van der Waals surface area (Å²) in [6, 6.07) is 1.07. The summed E-state index contributed by atoms with van der Waals surface area (Å²) in [4.78, 5) is 11.0. The molecule has 0 heterocycles. The SMILES string of the molecule is CC(C)CCC(=O)C(C)C.CC(C)CCC(C)(C)O.CC(C)CCC(C)C.CC(C)CCC(C)CC(C)(C)C.CC(C)CCC(C)O.CC(C)CCCC(C)C.CC(C)CCCCCC(F)(F)F.CC(C)CCCO.CC(C)CCCOC(C)C.CC(C)CCNC(C)C.CC(C)CCOC(C)C.CCC(N)CC(C)C.CCCCC(C)C.CCCCCC(C)C.CCCCCC(C)C.CCCCCCC(C)C.COCCC(C)C. The molecule has 0 bridgehead atoms. The van der Waals surface area contributed by atoms with E-state index in [1.165, 1.54) is 186 Å². The molecule has 0 aliphatic rings. The van der Waals surface area contributed by atoms with E-state index in [9.17, 15) is 23.1 Å². The number of nitrogens with one attached hydrogen (secondary N) is 1. The Labute approximate surface area is 954 Å². The molecule has 12 heteroatoms. The Hall–Kier alpha value is -0.860. The van der Waals surface area contributed by atoms with E-state index in [-0.39, 0.29) is 18.4 Å². The maximum atomic E-state index is 11.6. The molecule has 0 aromatic heterocycles. The van der Waals surface area contributed by atoms with Crippen LogP contribution < -0.4 is 11.1 Å². The van der Waals surface area contributed by atoms with Crippen molar-refractivity contribution in [3.05, 3.63) is 0 Å². The second kappa shape index (κ2) is 140. The number of nitrogens with two attached hydrogens (primary N) is 1. The van der Waals surface area contributed by atoms with Gasteiger partial charge >= 0.3 is 6.18 Å². The zero-order valence-corrected chi connectivity index (χ0v) is 116. The maximum absolute atomic E-state index is 11.6. The van der Waals surface area contributed by atoms with Crippen LogP contribution in [0.3, 0.4) is 0 Å². The van der Waals surface area contributed by atoms with Gasteiger partial charge in [-0.1, -0.05) is 520 Å². The number of aliphatic hydroxyl groups is 3. The van der Waals surface area contributed by atoms with Crippen molar-refractivity contribution < 1.29 is 47.5 Å². The molecular formula is C138H307F3N2O7. The second-order valence-corrected chi connectivity index (χ2v) is 55.3. The highest BCUT2D eigenvalue weighted by Gasteiger charge is 2.26. The van der Waals surface area contributed by atoms with E-state index < -0.39 is 18.2 Å². The van der Waals surface area contributed by atoms with E-state index >= 15 is 0 Å². The number of carbonyl (C=O) groups is 1. The van der Waals surface area contributed by atoms with Crippen molar-refractivity contribution >= 4 is 5.78 Å². The Bertz CT molecular complexity index is 2100. The zero-order chi connectivity index (χ0) is 122. The minimum atomic E-state index is -3.96. The highest BCUT2D eigenvalue weighted by Crippen LogP contribution is 2.29. The first-order valence-electron chi connectivity index (χ1n) is 64.5. The Kier molecular flexibility index (Phi) is 175. The third-order valence-electron chi connectivity index (χ3n) is 23.4. The van der Waals surface area contributed by atoms with Crippen LogP contribution in [0.1, 0.15) is 684 Å². The minimum absolute atomic E-state index is 0.114. The highest BCUT2D eigenvalue weighted by molar-refractivity contribution is 5.80. The molecule has 0 radical (unpaired) electrons. The van der Waals surface area contributed by atoms with E-state index in [1.54, 1.807) is 7.11 Å². The van der Waals surface area contributed by atoms with Crippen LogP contribution in [0.4, 0.5) is 13.2 Å². The van der Waals surface area contributed by atoms with Gasteiger partial charge in [0.1, 0.15) is 5.78 Å². The van der Waals surface area contributed by atoms with Gasteiger partial charge in [-0.15, -0.1) is 0 Å². The number of aliphatic hydroxyl groups excluding tert-OH is 2. The van der Waals surface area contributed by atoms with Crippen molar-refractivity contribution in [2.75, 3.05) is 40.1 Å². The number of rotatable bonds is 64. The van der Waals surface area contributed by atoms with Crippen molar-refractivity contribution in [3.8, 4) is 0 Å². The van der Waals surface area contributed by atoms with Crippen LogP contribution in [0.15, 0.2) is 0 Å². The predicted molar refractivity (Wildman–Crippen MR) is 688 cm³/mol. The molecule has 0 aliphatic heterocycles. The molecule has 0 rings (SSSR count). The van der Waals surface area contributed by atoms with Gasteiger partial charge in [-0.3, -0.25) is 4.79 Å². The number of hydrogen-bond donors (Lipinski definition) is 5. The van der Waals surface area contributed by atoms with Gasteiger partial charge in [0.2, 0.25) is 0 Å². The summed E-state index contributed by atoms with van der Waals surface area (Å²) in [5, 5.41) is 29.8. The summed E-state index contributed by atoms with van der Waals surface area (Å²) in [6.45, 7) is 132. The fraction of sp³-hybridized carbons (Fsp3) is 0.993. The van der Waals surface area contributed by atoms with Crippen molar-refractivity contribution in [1.82, 2.24) is 5.32 Å². The summed E-state index contributed by atoms with van der Waals surface area (Å²) >= 11 is 0. The molecule has 0 saturated heterocycles. The van der Waals surface area contributed by atoms with Gasteiger partial charge in [-0.05, 0) is 282 Å². The Balaban J connectivity index is -0.0000000837. The molecule has 3 unspecified atom stereocenters. The van der Waals surface area contributed by atoms with Gasteiger partial charge < -0.3 is 40.6 Å². The fourth-order valence-corrected chi connectivity index (χ4v) is 13.2. The smallest absolute Gasteiger partial charge is 0.389 e. The van der Waals surface area contributed by atoms with Crippen LogP contribution in [0.2, 0.25) is 0 Å². The number of unbranched alkanes of at least 4 members (excludes halogenated alkanes) is 10. The van der Waals surface area contributed by atoms with Crippen molar-refractivity contribution in [2.24, 2.45) is 135 Å². The van der Waals surface area contributed by atoms with Crippen LogP contribution in [-0.4, -0.2) is 103 Å². The molecule has 0 aliphatic carbocycles. The summed E-state index contributed by atoms with van der Waals surface area (Å²) in [5.41, 5.74) is 5.72. The minimum Gasteiger partial charge on any atom is -0.396 e. The number of alkyl halides is 3. The third kappa shape index (κ3) is 301. The Morgan fingerprint density at radius 2 is 0.593 bits per heavy atom. The number of hydrogen-bond acceptors (Lipinski definition) is 9. The average molecular weight is 2160 g/mol. The topological polar surface area (TPSA) is 144 Å². The number of ketones is 1. The van der Waals surface area contributed by atoms with Gasteiger partial charge in [0.25, 0.3) is 0 Å². The summed E-state index contributed by atoms with van der Waals surface area (Å²) in [5.74, 6) is 16.9. The van der Waals surface area contributed by atoms with Crippen LogP contribution >= 0.6 is 0 Å². The average Bonchev–Trinajstić information content (AvgIpc) is 0.939. The van der Waals surface area contributed by atoms with Gasteiger partial charge in [-0.25, -0.2) is 0 Å². The van der Waals surface area contributed by atoms with Crippen LogP contribution in [0.25, 0.3) is 0 Å². The molecule has 0 aromatic rings. The summed E-state index contributed by atoms with van der Waals surface area (Å²) in [6.07, 6.45) is 49.0. The summed E-state index contributed by atoms with van der Waals surface area (Å²) in [7, 11) is 1.74. The standard InChI is InChI=1S/C12H26.C9H17F3.C9H20O.C9H18O.2C9H20.C8H19N.2C8H18O.3C8H18.C7H17N.C7H16O.C7H16.2C6H14O/c1-10(2)7-8-11(3)9-12(4,5)6;1-8(2)6-4-3-5-7-9(10,11)12;1-8(2)6-5-7-10-9(3)4;1-7(2)5-6-9(10)8(3)4;1-8(2)6-5-7-9(3)4;1-4-5-6-7-8-9(2)3;2*1-7(2)5-6-9-8(3)4;1-7(2)5-6-8(3,4)9;1-7(2)5-6-8(3)4;2*1-4-5-6-7-8(2)3;1-4-7(8)5-6(2)3;1-6(2)4-5-7(3)8;1-4-5-6-7(2)3;1-6(2)4-5-7-3;1-6(2)4-3-5-7/h10-11H,7-9H2,1-6H3;8H,3-7H2,1-2H3;8-9H,5-7H2,1-4H3;7-8H,5-6H2,1-4H3;8-9H,5-7H2,1-4H3;9H,4-8H2,1-3H3;7-9H,5-6H2,1-4H3;7-8H,5-6H2,1-4H3;7,9H,5-6H2,1-4H3;7-8H,5-6H2,1-4H3;2*8H,4-7H2,1-3H3;6-7H,4-5,8H2,1-3H3;6-8H,4-5H2,1-3H3;7H,4-6H2,1-3H3;6H,4-5H2,1-3H3;6-7H,3-5H2,1-2H3. The maximum Gasteiger partial charge on any atom is 0.389 e. The van der Waals surface area contributed by atoms with E-state index in [2.05, 4.69) is 372 Å². The van der Waals surface area contributed by atoms with E-state index in [4.69, 9.17) is 30.2 Å². The fourth-order valence-electron chi connectivity index (χ4n) is 13.2. The van der Waals surface area contributed by atoms with Crippen LogP contribution in [0, 0.1) is 130 Å². The number of ether oxygens (including phenoxy) is 3. The lowest BCUT2D eigenvalue weighted by atomic mass is 9.83. The molecule has 0 aromatic carbocycles. The van der Waals surface area contributed by atoms with Crippen molar-refractivity contribution in [1.29, 1.82) is 0 Å². The highest BCUT2D eigenvalue weighted by atomic mass is 19.4. The van der Waals surface area contributed by atoms with E-state index in [0.29, 0.717) is 66.3 Å². The van der Waals surface area contributed by atoms with Gasteiger partial charge in [0.15, 0.2) is 0 Å².